The Balaban J connectivity index is 1.43. The van der Waals surface area contributed by atoms with Crippen molar-refractivity contribution in [3.63, 3.8) is 0 Å². The molecule has 2 amide bonds. The van der Waals surface area contributed by atoms with Crippen molar-refractivity contribution in [2.24, 2.45) is 5.41 Å². The van der Waals surface area contributed by atoms with Crippen LogP contribution in [0.1, 0.15) is 47.7 Å². The van der Waals surface area contributed by atoms with E-state index in [1.807, 2.05) is 4.90 Å². The number of piperidine rings is 1. The third-order valence-electron chi connectivity index (χ3n) is 7.78. The van der Waals surface area contributed by atoms with Crippen LogP contribution in [0.4, 0.5) is 8.78 Å². The maximum Gasteiger partial charge on any atom is 0.259 e. The number of carbonyl (C=O) groups excluding carboxylic acids is 2. The molecule has 2 aliphatic rings. The molecule has 204 valence electrons. The molecule has 7 nitrogen and oxygen atoms in total. The summed E-state index contributed by atoms with van der Waals surface area (Å²) in [6.07, 6.45) is 3.94. The lowest BCUT2D eigenvalue weighted by Gasteiger charge is -2.39. The van der Waals surface area contributed by atoms with E-state index >= 15 is 0 Å². The van der Waals surface area contributed by atoms with Gasteiger partial charge in [-0.15, -0.1) is 0 Å². The van der Waals surface area contributed by atoms with E-state index in [1.165, 1.54) is 17.9 Å². The van der Waals surface area contributed by atoms with Crippen molar-refractivity contribution >= 4 is 17.9 Å². The van der Waals surface area contributed by atoms with E-state index < -0.39 is 23.1 Å². The summed E-state index contributed by atoms with van der Waals surface area (Å²) in [5.41, 5.74) is 0.896. The second kappa shape index (κ2) is 11.0. The van der Waals surface area contributed by atoms with Crippen LogP contribution in [0.15, 0.2) is 29.8 Å². The molecule has 0 aliphatic carbocycles. The highest BCUT2D eigenvalue weighted by Crippen LogP contribution is 2.41. The van der Waals surface area contributed by atoms with Gasteiger partial charge in [-0.05, 0) is 62.3 Å². The highest BCUT2D eigenvalue weighted by molar-refractivity contribution is 5.98. The normalized spacial score (nSPS) is 17.1. The Kier molecular flexibility index (Phi) is 7.94. The number of hydrogen-bond donors (Lipinski definition) is 0. The molecule has 0 atom stereocenters. The summed E-state index contributed by atoms with van der Waals surface area (Å²) in [5.74, 6) is -0.707. The monoisotopic (exact) mass is 528 g/mol. The molecule has 2 aliphatic heterocycles. The van der Waals surface area contributed by atoms with Gasteiger partial charge >= 0.3 is 0 Å². The lowest BCUT2D eigenvalue weighted by molar-refractivity contribution is -0.126. The fraction of sp³-hybridized carbons (Fsp3) is 0.448. The van der Waals surface area contributed by atoms with Crippen LogP contribution in [-0.4, -0.2) is 69.1 Å². The fourth-order valence-electron chi connectivity index (χ4n) is 5.42. The van der Waals surface area contributed by atoms with Crippen molar-refractivity contribution in [2.45, 2.75) is 33.1 Å². The summed E-state index contributed by atoms with van der Waals surface area (Å²) in [6.45, 7) is 5.27. The Morgan fingerprint density at radius 3 is 2.08 bits per heavy atom. The number of halogens is 2. The topological polar surface area (TPSA) is 68.3 Å². The molecule has 38 heavy (non-hydrogen) atoms. The van der Waals surface area contributed by atoms with Crippen LogP contribution >= 0.6 is 0 Å². The van der Waals surface area contributed by atoms with Crippen molar-refractivity contribution in [3.8, 4) is 17.2 Å². The summed E-state index contributed by atoms with van der Waals surface area (Å²) in [5, 5.41) is 0. The van der Waals surface area contributed by atoms with Crippen LogP contribution in [0, 0.1) is 24.0 Å². The molecule has 0 unspecified atom stereocenters. The molecule has 0 bridgehead atoms. The number of benzene rings is 2. The van der Waals surface area contributed by atoms with Gasteiger partial charge in [0.25, 0.3) is 5.91 Å². The van der Waals surface area contributed by atoms with Crippen molar-refractivity contribution < 1.29 is 32.6 Å². The first-order valence-electron chi connectivity index (χ1n) is 12.6. The molecule has 0 saturated carbocycles. The Bertz CT molecular complexity index is 1270. The lowest BCUT2D eigenvalue weighted by atomic mass is 9.77. The number of ether oxygens (including phenoxy) is 3. The van der Waals surface area contributed by atoms with Gasteiger partial charge in [0.15, 0.2) is 11.5 Å². The summed E-state index contributed by atoms with van der Waals surface area (Å²) in [7, 11) is 4.65. The maximum absolute atomic E-state index is 14.5. The van der Waals surface area contributed by atoms with E-state index in [9.17, 15) is 18.4 Å². The van der Waals surface area contributed by atoms with Crippen LogP contribution in [-0.2, 0) is 4.79 Å². The molecule has 2 aromatic carbocycles. The maximum atomic E-state index is 14.5. The largest absolute Gasteiger partial charge is 0.496 e. The Morgan fingerprint density at radius 1 is 0.895 bits per heavy atom. The minimum atomic E-state index is -0.843. The van der Waals surface area contributed by atoms with Gasteiger partial charge in [-0.3, -0.25) is 9.59 Å². The van der Waals surface area contributed by atoms with E-state index in [0.717, 1.165) is 12.5 Å². The first-order chi connectivity index (χ1) is 18.1. The molecule has 0 radical (unpaired) electrons. The highest BCUT2D eigenvalue weighted by Gasteiger charge is 2.43. The quantitative estimate of drug-likeness (QED) is 0.501. The summed E-state index contributed by atoms with van der Waals surface area (Å²) >= 11 is 0. The predicted molar refractivity (Wildman–Crippen MR) is 140 cm³/mol. The summed E-state index contributed by atoms with van der Waals surface area (Å²) in [4.78, 5) is 29.6. The molecule has 0 aromatic heterocycles. The van der Waals surface area contributed by atoms with Gasteiger partial charge in [-0.2, -0.15) is 0 Å². The molecule has 4 rings (SSSR count). The molecule has 9 heteroatoms. The first-order valence-corrected chi connectivity index (χ1v) is 12.6. The minimum Gasteiger partial charge on any atom is -0.496 e. The average molecular weight is 529 g/mol. The number of carbonyl (C=O) groups is 2. The zero-order valence-electron chi connectivity index (χ0n) is 22.5. The van der Waals surface area contributed by atoms with E-state index in [0.29, 0.717) is 67.4 Å². The Hall–Kier alpha value is -3.62. The van der Waals surface area contributed by atoms with E-state index in [-0.39, 0.29) is 16.9 Å². The van der Waals surface area contributed by atoms with Crippen LogP contribution in [0.25, 0.3) is 6.08 Å². The van der Waals surface area contributed by atoms with E-state index in [1.54, 1.807) is 46.5 Å². The molecule has 1 spiro atoms. The van der Waals surface area contributed by atoms with Crippen LogP contribution < -0.4 is 14.2 Å². The van der Waals surface area contributed by atoms with Gasteiger partial charge in [0.1, 0.15) is 22.9 Å². The van der Waals surface area contributed by atoms with Crippen LogP contribution in [0.3, 0.4) is 0 Å². The van der Waals surface area contributed by atoms with Gasteiger partial charge < -0.3 is 24.0 Å². The zero-order chi connectivity index (χ0) is 27.6. The summed E-state index contributed by atoms with van der Waals surface area (Å²) < 4.78 is 45.0. The minimum absolute atomic E-state index is 0.0684. The van der Waals surface area contributed by atoms with Crippen molar-refractivity contribution in [1.82, 2.24) is 9.80 Å². The standard InChI is InChI=1S/C29H34F2N2O5/c1-18-6-7-21(30)25(26(18)31)28(35)32-11-8-29(9-12-32)10-13-33(17-29)27(34)19(2)14-20-15-23(37-4)24(38-5)16-22(20)36-3/h6-7,14-16H,8-13,17H2,1-5H3. The van der Waals surface area contributed by atoms with Crippen molar-refractivity contribution in [1.29, 1.82) is 0 Å². The van der Waals surface area contributed by atoms with E-state index in [4.69, 9.17) is 14.2 Å². The molecular weight excluding hydrogens is 494 g/mol. The first kappa shape index (κ1) is 27.4. The molecular formula is C29H34F2N2O5. The number of methoxy groups -OCH3 is 3. The van der Waals surface area contributed by atoms with Crippen molar-refractivity contribution in [3.05, 3.63) is 58.2 Å². The molecule has 2 saturated heterocycles. The third-order valence-corrected chi connectivity index (χ3v) is 7.78. The highest BCUT2D eigenvalue weighted by atomic mass is 19.1. The number of nitrogens with zero attached hydrogens (tertiary/aromatic N) is 2. The Morgan fingerprint density at radius 2 is 1.47 bits per heavy atom. The number of amides is 2. The van der Waals surface area contributed by atoms with Gasteiger partial charge in [0.2, 0.25) is 5.91 Å². The SMILES string of the molecule is COc1cc(OC)c(OC)cc1C=C(C)C(=O)N1CCC2(CCN(C(=O)c3c(F)ccc(C)c3F)CC2)C1. The fourth-order valence-corrected chi connectivity index (χ4v) is 5.42. The number of aryl methyl sites for hydroxylation is 1. The van der Waals surface area contributed by atoms with Crippen molar-refractivity contribution in [2.75, 3.05) is 47.5 Å². The van der Waals surface area contributed by atoms with Gasteiger partial charge in [-0.25, -0.2) is 8.78 Å². The van der Waals surface area contributed by atoms with E-state index in [2.05, 4.69) is 0 Å². The third kappa shape index (κ3) is 5.19. The number of rotatable bonds is 6. The van der Waals surface area contributed by atoms with Crippen LogP contribution in [0.5, 0.6) is 17.2 Å². The average Bonchev–Trinajstić information content (AvgIpc) is 3.33. The smallest absolute Gasteiger partial charge is 0.259 e. The molecule has 2 aromatic rings. The molecule has 2 fully saturated rings. The van der Waals surface area contributed by atoms with Gasteiger partial charge in [0.05, 0.1) is 21.3 Å². The molecule has 2 heterocycles. The molecule has 0 N–H and O–H groups in total. The summed E-state index contributed by atoms with van der Waals surface area (Å²) in [6, 6.07) is 5.95. The predicted octanol–water partition coefficient (Wildman–Crippen LogP) is 4.86. The zero-order valence-corrected chi connectivity index (χ0v) is 22.5. The lowest BCUT2D eigenvalue weighted by Crippen LogP contribution is -2.45. The second-order valence-corrected chi connectivity index (χ2v) is 10.1. The van der Waals surface area contributed by atoms with Gasteiger partial charge in [-0.1, -0.05) is 6.07 Å². The second-order valence-electron chi connectivity index (χ2n) is 10.1. The number of likely N-dealkylation sites (tertiary alicyclic amines) is 2. The van der Waals surface area contributed by atoms with Crippen LogP contribution in [0.2, 0.25) is 0 Å². The van der Waals surface area contributed by atoms with Gasteiger partial charge in [0, 0.05) is 43.4 Å². The number of hydrogen-bond acceptors (Lipinski definition) is 5. The Labute approximate surface area is 222 Å².